The third-order valence-corrected chi connectivity index (χ3v) is 2.29. The summed E-state index contributed by atoms with van der Waals surface area (Å²) in [4.78, 5) is 10.3. The highest BCUT2D eigenvalue weighted by molar-refractivity contribution is 8.00. The first-order chi connectivity index (χ1) is 4.54. The maximum absolute atomic E-state index is 10.3. The number of hydrogen-bond acceptors (Lipinski definition) is 2. The van der Waals surface area contributed by atoms with E-state index in [0.717, 1.165) is 11.3 Å². The summed E-state index contributed by atoms with van der Waals surface area (Å²) in [6.07, 6.45) is 0. The van der Waals surface area contributed by atoms with Gasteiger partial charge in [-0.1, -0.05) is 12.2 Å². The van der Waals surface area contributed by atoms with Gasteiger partial charge in [-0.15, -0.1) is 11.8 Å². The molecule has 58 valence electrons. The summed E-state index contributed by atoms with van der Waals surface area (Å²) in [6, 6.07) is 0. The second-order valence-electron chi connectivity index (χ2n) is 2.25. The molecule has 0 rings (SSSR count). The Kier molecular flexibility index (Phi) is 4.19. The van der Waals surface area contributed by atoms with Gasteiger partial charge in [0.25, 0.3) is 0 Å². The minimum Gasteiger partial charge on any atom is -0.480 e. The molecule has 0 aromatic rings. The smallest absolute Gasteiger partial charge is 0.316 e. The van der Waals surface area contributed by atoms with Crippen LogP contribution in [0.2, 0.25) is 0 Å². The minimum absolute atomic E-state index is 0.323. The van der Waals surface area contributed by atoms with Crippen LogP contribution in [0.5, 0.6) is 0 Å². The molecule has 0 aromatic heterocycles. The molecule has 1 N–H and O–H groups in total. The second kappa shape index (κ2) is 4.39. The largest absolute Gasteiger partial charge is 0.480 e. The first-order valence-corrected chi connectivity index (χ1v) is 4.07. The van der Waals surface area contributed by atoms with E-state index < -0.39 is 5.97 Å². The van der Waals surface area contributed by atoms with Crippen LogP contribution < -0.4 is 0 Å². The van der Waals surface area contributed by atoms with Crippen molar-refractivity contribution in [2.75, 3.05) is 5.75 Å². The van der Waals surface area contributed by atoms with Gasteiger partial charge in [-0.05, 0) is 13.8 Å². The molecule has 2 nitrogen and oxygen atoms in total. The summed E-state index contributed by atoms with van der Waals surface area (Å²) in [5.41, 5.74) is 1.01. The zero-order chi connectivity index (χ0) is 8.15. The quantitative estimate of drug-likeness (QED) is 0.637. The average molecular weight is 160 g/mol. The van der Waals surface area contributed by atoms with Gasteiger partial charge in [0, 0.05) is 5.75 Å². The molecule has 0 amide bonds. The predicted molar refractivity (Wildman–Crippen MR) is 44.4 cm³/mol. The third-order valence-electron chi connectivity index (χ3n) is 0.928. The Labute approximate surface area is 65.3 Å². The number of rotatable bonds is 4. The van der Waals surface area contributed by atoms with Crippen LogP contribution in [0.25, 0.3) is 0 Å². The van der Waals surface area contributed by atoms with Crippen LogP contribution in [0.15, 0.2) is 12.2 Å². The molecule has 0 aliphatic rings. The lowest BCUT2D eigenvalue weighted by Crippen LogP contribution is -2.11. The summed E-state index contributed by atoms with van der Waals surface area (Å²) in [5, 5.41) is 8.12. The van der Waals surface area contributed by atoms with Crippen LogP contribution in [0, 0.1) is 0 Å². The first-order valence-electron chi connectivity index (χ1n) is 3.03. The molecule has 0 aliphatic heterocycles. The van der Waals surface area contributed by atoms with E-state index in [2.05, 4.69) is 6.58 Å². The van der Waals surface area contributed by atoms with E-state index in [1.54, 1.807) is 6.92 Å². The average Bonchev–Trinajstić information content (AvgIpc) is 1.82. The van der Waals surface area contributed by atoms with E-state index in [0.29, 0.717) is 0 Å². The molecule has 0 heterocycles. The predicted octanol–water partition coefficient (Wildman–Crippen LogP) is 1.77. The van der Waals surface area contributed by atoms with E-state index in [1.807, 2.05) is 6.92 Å². The van der Waals surface area contributed by atoms with Gasteiger partial charge in [0.2, 0.25) is 0 Å². The van der Waals surface area contributed by atoms with Gasteiger partial charge >= 0.3 is 5.97 Å². The van der Waals surface area contributed by atoms with Gasteiger partial charge in [-0.25, -0.2) is 0 Å². The molecule has 1 atom stereocenters. The third kappa shape index (κ3) is 4.44. The SMILES string of the molecule is C=C(C)CSC(C)C(=O)O. The van der Waals surface area contributed by atoms with Gasteiger partial charge < -0.3 is 5.11 Å². The van der Waals surface area contributed by atoms with Gasteiger partial charge in [0.15, 0.2) is 0 Å². The Balaban J connectivity index is 3.49. The number of carboxylic acid groups (broad SMARTS) is 1. The van der Waals surface area contributed by atoms with Crippen LogP contribution in [0.4, 0.5) is 0 Å². The van der Waals surface area contributed by atoms with Gasteiger partial charge in [-0.3, -0.25) is 4.79 Å². The molecule has 0 spiro atoms. The molecular weight excluding hydrogens is 148 g/mol. The summed E-state index contributed by atoms with van der Waals surface area (Å²) >= 11 is 1.39. The Morgan fingerprint density at radius 2 is 2.30 bits per heavy atom. The van der Waals surface area contributed by atoms with Crippen LogP contribution in [-0.2, 0) is 4.79 Å². The number of carboxylic acids is 1. The Morgan fingerprint density at radius 1 is 1.80 bits per heavy atom. The lowest BCUT2D eigenvalue weighted by atomic mass is 10.4. The molecule has 0 aromatic carbocycles. The van der Waals surface area contributed by atoms with E-state index in [9.17, 15) is 4.79 Å². The van der Waals surface area contributed by atoms with Gasteiger partial charge in [-0.2, -0.15) is 0 Å². The fourth-order valence-electron chi connectivity index (χ4n) is 0.339. The fourth-order valence-corrected chi connectivity index (χ4v) is 1.02. The molecule has 0 fully saturated rings. The molecule has 0 saturated heterocycles. The van der Waals surface area contributed by atoms with E-state index in [1.165, 1.54) is 11.8 Å². The second-order valence-corrected chi connectivity index (χ2v) is 3.58. The van der Waals surface area contributed by atoms with Crippen molar-refractivity contribution in [1.29, 1.82) is 0 Å². The topological polar surface area (TPSA) is 37.3 Å². The molecule has 0 radical (unpaired) electrons. The van der Waals surface area contributed by atoms with Crippen molar-refractivity contribution in [3.8, 4) is 0 Å². The Bertz CT molecular complexity index is 143. The Hall–Kier alpha value is -0.440. The lowest BCUT2D eigenvalue weighted by Gasteiger charge is -2.03. The van der Waals surface area contributed by atoms with Gasteiger partial charge in [0.05, 0.1) is 5.25 Å². The van der Waals surface area contributed by atoms with E-state index >= 15 is 0 Å². The normalized spacial score (nSPS) is 12.6. The van der Waals surface area contributed by atoms with Crippen LogP contribution in [-0.4, -0.2) is 22.1 Å². The number of aliphatic carboxylic acids is 1. The lowest BCUT2D eigenvalue weighted by molar-refractivity contribution is -0.136. The maximum atomic E-state index is 10.3. The number of hydrogen-bond donors (Lipinski definition) is 1. The van der Waals surface area contributed by atoms with Crippen molar-refractivity contribution < 1.29 is 9.90 Å². The van der Waals surface area contributed by atoms with E-state index in [4.69, 9.17) is 5.11 Å². The maximum Gasteiger partial charge on any atom is 0.316 e. The van der Waals surface area contributed by atoms with Crippen LogP contribution >= 0.6 is 11.8 Å². The highest BCUT2D eigenvalue weighted by Gasteiger charge is 2.09. The molecular formula is C7H12O2S. The van der Waals surface area contributed by atoms with Crippen LogP contribution in [0.3, 0.4) is 0 Å². The number of thioether (sulfide) groups is 1. The standard InChI is InChI=1S/C7H12O2S/c1-5(2)4-10-6(3)7(8)9/h6H,1,4H2,2-3H3,(H,8,9). The van der Waals surface area contributed by atoms with Gasteiger partial charge in [0.1, 0.15) is 0 Å². The molecule has 0 aliphatic carbocycles. The van der Waals surface area contributed by atoms with Crippen molar-refractivity contribution in [2.45, 2.75) is 19.1 Å². The molecule has 0 saturated carbocycles. The van der Waals surface area contributed by atoms with Crippen molar-refractivity contribution >= 4 is 17.7 Å². The van der Waals surface area contributed by atoms with Crippen LogP contribution in [0.1, 0.15) is 13.8 Å². The van der Waals surface area contributed by atoms with Crippen molar-refractivity contribution in [3.63, 3.8) is 0 Å². The monoisotopic (exact) mass is 160 g/mol. The minimum atomic E-state index is -0.758. The highest BCUT2D eigenvalue weighted by atomic mass is 32.2. The molecule has 0 bridgehead atoms. The van der Waals surface area contributed by atoms with Crippen molar-refractivity contribution in [1.82, 2.24) is 0 Å². The number of carbonyl (C=O) groups is 1. The van der Waals surface area contributed by atoms with Crippen molar-refractivity contribution in [2.24, 2.45) is 0 Å². The highest BCUT2D eigenvalue weighted by Crippen LogP contribution is 2.12. The summed E-state index contributed by atoms with van der Waals surface area (Å²) in [7, 11) is 0. The zero-order valence-electron chi connectivity index (χ0n) is 6.26. The zero-order valence-corrected chi connectivity index (χ0v) is 7.07. The summed E-state index contributed by atoms with van der Waals surface area (Å²) < 4.78 is 0. The molecule has 1 unspecified atom stereocenters. The Morgan fingerprint density at radius 3 is 2.60 bits per heavy atom. The summed E-state index contributed by atoms with van der Waals surface area (Å²) in [5.74, 6) is -0.0285. The van der Waals surface area contributed by atoms with Crippen molar-refractivity contribution in [3.05, 3.63) is 12.2 Å². The van der Waals surface area contributed by atoms with E-state index in [-0.39, 0.29) is 5.25 Å². The summed E-state index contributed by atoms with van der Waals surface area (Å²) in [6.45, 7) is 7.24. The first kappa shape index (κ1) is 9.56. The fraction of sp³-hybridized carbons (Fsp3) is 0.571. The molecule has 10 heavy (non-hydrogen) atoms. The molecule has 3 heteroatoms.